The van der Waals surface area contributed by atoms with Crippen molar-refractivity contribution in [1.29, 1.82) is 0 Å². The molecule has 0 radical (unpaired) electrons. The van der Waals surface area contributed by atoms with Gasteiger partial charge in [-0.15, -0.1) is 0 Å². The molecule has 1 aliphatic rings. The van der Waals surface area contributed by atoms with Crippen LogP contribution in [0.15, 0.2) is 11.9 Å². The van der Waals surface area contributed by atoms with E-state index in [2.05, 4.69) is 0 Å². The highest BCUT2D eigenvalue weighted by atomic mass is 16.4. The summed E-state index contributed by atoms with van der Waals surface area (Å²) in [6.07, 6.45) is 1.48. The number of carboxylic acids is 1. The Hall–Kier alpha value is -1.23. The van der Waals surface area contributed by atoms with E-state index in [1.165, 1.54) is 6.20 Å². The predicted octanol–water partition coefficient (Wildman–Crippen LogP) is -1.22. The summed E-state index contributed by atoms with van der Waals surface area (Å²) in [5, 5.41) is 10.6. The van der Waals surface area contributed by atoms with Crippen LogP contribution in [0.25, 0.3) is 0 Å². The minimum Gasteiger partial charge on any atom is -0.480 e. The first-order valence-corrected chi connectivity index (χ1v) is 3.21. The molecule has 5 nitrogen and oxygen atoms in total. The van der Waals surface area contributed by atoms with E-state index in [1.54, 1.807) is 0 Å². The van der Waals surface area contributed by atoms with E-state index < -0.39 is 12.0 Å². The molecule has 0 saturated carbocycles. The number of rotatable bonds is 3. The summed E-state index contributed by atoms with van der Waals surface area (Å²) in [5.41, 5.74) is 5.72. The Labute approximate surface area is 67.2 Å². The van der Waals surface area contributed by atoms with Crippen molar-refractivity contribution in [3.63, 3.8) is 0 Å². The van der Waals surface area contributed by atoms with Gasteiger partial charge in [-0.25, -0.2) is 0 Å². The smallest absolute Gasteiger partial charge is 0.320 e. The summed E-state index contributed by atoms with van der Waals surface area (Å²) in [6.45, 7) is 0.127. The summed E-state index contributed by atoms with van der Waals surface area (Å²) in [6, 6.07) is -1.01. The molecule has 11 heavy (non-hydrogen) atoms. The lowest BCUT2D eigenvalue weighted by molar-refractivity contribution is -0.138. The van der Waals surface area contributed by atoms with Gasteiger partial charge in [-0.3, -0.25) is 4.79 Å². The highest BCUT2D eigenvalue weighted by molar-refractivity contribution is 5.73. The number of nitrogens with one attached hydrogen (secondary N) is 2. The monoisotopic (exact) mass is 159 g/mol. The summed E-state index contributed by atoms with van der Waals surface area (Å²) in [7, 11) is 0. The number of carbonyl (C=O) groups is 1. The molecule has 62 valence electrons. The van der Waals surface area contributed by atoms with E-state index in [-0.39, 0.29) is 13.1 Å². The SMILES string of the molecule is [2H]N1C=C(C[C@H](N)C(=O)O)N([2H])C1. The van der Waals surface area contributed by atoms with Crippen molar-refractivity contribution >= 4 is 5.97 Å². The predicted molar refractivity (Wildman–Crippen MR) is 39.4 cm³/mol. The Morgan fingerprint density at radius 3 is 3.27 bits per heavy atom. The van der Waals surface area contributed by atoms with Crippen molar-refractivity contribution in [2.45, 2.75) is 12.5 Å². The van der Waals surface area contributed by atoms with Crippen molar-refractivity contribution in [1.82, 2.24) is 10.6 Å². The minimum atomic E-state index is -1.10. The molecule has 0 unspecified atom stereocenters. The fraction of sp³-hybridized carbons (Fsp3) is 0.500. The highest BCUT2D eigenvalue weighted by Crippen LogP contribution is 2.01. The maximum Gasteiger partial charge on any atom is 0.320 e. The Balaban J connectivity index is 2.54. The molecule has 0 fully saturated rings. The van der Waals surface area contributed by atoms with Crippen molar-refractivity contribution in [2.75, 3.05) is 6.67 Å². The van der Waals surface area contributed by atoms with Crippen LogP contribution in [-0.4, -0.2) is 23.8 Å². The molecule has 0 aliphatic carbocycles. The highest BCUT2D eigenvalue weighted by Gasteiger charge is 2.14. The van der Waals surface area contributed by atoms with E-state index >= 15 is 0 Å². The Morgan fingerprint density at radius 1 is 2.09 bits per heavy atom. The largest absolute Gasteiger partial charge is 0.480 e. The van der Waals surface area contributed by atoms with E-state index in [9.17, 15) is 4.79 Å². The average Bonchev–Trinajstić information content (AvgIpc) is 2.30. The molecule has 0 spiro atoms. The zero-order chi connectivity index (χ0) is 10.0. The van der Waals surface area contributed by atoms with E-state index in [4.69, 9.17) is 13.7 Å². The fourth-order valence-electron chi connectivity index (χ4n) is 0.749. The van der Waals surface area contributed by atoms with Gasteiger partial charge in [0.1, 0.15) is 6.04 Å². The third-order valence-electron chi connectivity index (χ3n) is 1.34. The lowest BCUT2D eigenvalue weighted by Gasteiger charge is -2.06. The van der Waals surface area contributed by atoms with Crippen LogP contribution in [0.4, 0.5) is 0 Å². The number of aliphatic carboxylic acids is 1. The van der Waals surface area contributed by atoms with Gasteiger partial charge in [0.15, 0.2) is 2.82 Å². The van der Waals surface area contributed by atoms with Crippen LogP contribution < -0.4 is 16.4 Å². The van der Waals surface area contributed by atoms with Gasteiger partial charge in [-0.2, -0.15) is 0 Å². The molecule has 1 rings (SSSR count). The van der Waals surface area contributed by atoms with E-state index in [0.29, 0.717) is 5.70 Å². The lowest BCUT2D eigenvalue weighted by Crippen LogP contribution is -2.32. The van der Waals surface area contributed by atoms with Gasteiger partial charge in [0.25, 0.3) is 0 Å². The summed E-state index contributed by atoms with van der Waals surface area (Å²) >= 11 is 0. The van der Waals surface area contributed by atoms with Crippen molar-refractivity contribution in [3.05, 3.63) is 11.9 Å². The maximum atomic E-state index is 10.4. The van der Waals surface area contributed by atoms with Gasteiger partial charge in [-0.1, -0.05) is 0 Å². The normalized spacial score (nSPS) is 22.5. The molecule has 5 N–H and O–H groups in total. The number of hydrogen-bond acceptors (Lipinski definition) is 4. The van der Waals surface area contributed by atoms with Gasteiger partial charge >= 0.3 is 5.97 Å². The molecule has 0 bridgehead atoms. The topological polar surface area (TPSA) is 87.4 Å². The third kappa shape index (κ3) is 2.12. The molecule has 0 aromatic rings. The molecule has 5 heteroatoms. The Kier molecular flexibility index (Phi) is 1.60. The van der Waals surface area contributed by atoms with Gasteiger partial charge in [-0.05, 0) is 0 Å². The van der Waals surface area contributed by atoms with Crippen LogP contribution in [-0.2, 0) is 4.79 Å². The third-order valence-corrected chi connectivity index (χ3v) is 1.34. The number of nitrogens with two attached hydrogens (primary N) is 1. The minimum absolute atomic E-state index is 0.0776. The summed E-state index contributed by atoms with van der Waals surface area (Å²) in [4.78, 5) is 10.4. The zero-order valence-electron chi connectivity index (χ0n) is 7.90. The average molecular weight is 159 g/mol. The molecule has 0 aromatic heterocycles. The molecule has 0 amide bonds. The Bertz CT molecular complexity index is 246. The van der Waals surface area contributed by atoms with Crippen LogP contribution in [0.5, 0.6) is 0 Å². The van der Waals surface area contributed by atoms with Crippen LogP contribution in [0.1, 0.15) is 6.42 Å². The van der Waals surface area contributed by atoms with Crippen LogP contribution in [0.3, 0.4) is 0 Å². The first-order chi connectivity index (χ1) is 6.00. The van der Waals surface area contributed by atoms with Gasteiger partial charge in [0, 0.05) is 18.3 Å². The molecule has 0 saturated heterocycles. The Morgan fingerprint density at radius 2 is 2.82 bits per heavy atom. The van der Waals surface area contributed by atoms with E-state index in [1.807, 2.05) is 0 Å². The van der Waals surface area contributed by atoms with E-state index in [0.717, 1.165) is 10.6 Å². The van der Waals surface area contributed by atoms with Crippen molar-refractivity contribution < 1.29 is 12.7 Å². The van der Waals surface area contributed by atoms with Crippen LogP contribution in [0, 0.1) is 0 Å². The molecule has 1 atom stereocenters. The second-order valence-corrected chi connectivity index (χ2v) is 2.25. The van der Waals surface area contributed by atoms with Crippen LogP contribution >= 0.6 is 0 Å². The maximum absolute atomic E-state index is 10.4. The molecular formula is C6H11N3O2. The van der Waals surface area contributed by atoms with Gasteiger partial charge in [0.2, 0.25) is 0 Å². The number of carboxylic acid groups (broad SMARTS) is 1. The van der Waals surface area contributed by atoms with Crippen molar-refractivity contribution in [2.24, 2.45) is 5.73 Å². The molecule has 1 heterocycles. The summed E-state index contributed by atoms with van der Waals surface area (Å²) in [5.74, 6) is -1.10. The van der Waals surface area contributed by atoms with Crippen LogP contribution in [0.2, 0.25) is 2.82 Å². The summed E-state index contributed by atoms with van der Waals surface area (Å²) < 4.78 is 14.5. The molecule has 0 aromatic carbocycles. The van der Waals surface area contributed by atoms with Crippen molar-refractivity contribution in [3.8, 4) is 0 Å². The zero-order valence-corrected chi connectivity index (χ0v) is 5.90. The van der Waals surface area contributed by atoms with Gasteiger partial charge < -0.3 is 21.5 Å². The number of hydrogen-bond donors (Lipinski definition) is 4. The fourth-order valence-corrected chi connectivity index (χ4v) is 0.749. The second-order valence-electron chi connectivity index (χ2n) is 2.25. The first kappa shape index (κ1) is 5.42. The lowest BCUT2D eigenvalue weighted by atomic mass is 10.2. The quantitative estimate of drug-likeness (QED) is 0.414. The first-order valence-electron chi connectivity index (χ1n) is 4.11. The molecule has 1 aliphatic heterocycles. The van der Waals surface area contributed by atoms with Gasteiger partial charge in [0.05, 0.1) is 6.67 Å². The standard InChI is InChI=1S/C6H11N3O2/c7-5(6(10)11)1-4-2-8-3-9-4/h2,5,8-9H,1,3,7H2,(H,10,11)/t5-/m0/s1/i/hD2. The second kappa shape index (κ2) is 3.25. The molecular weight excluding hydrogens is 146 g/mol.